The molecule has 5 aromatic rings. The number of nitrogens with one attached hydrogen (secondary N) is 2. The molecule has 4 aromatic heterocycles. The van der Waals surface area contributed by atoms with E-state index in [9.17, 15) is 18.4 Å². The minimum Gasteiger partial charge on any atom is -0.467 e. The van der Waals surface area contributed by atoms with E-state index in [1.807, 2.05) is 12.1 Å². The fourth-order valence-corrected chi connectivity index (χ4v) is 9.16. The van der Waals surface area contributed by atoms with Crippen LogP contribution in [0.4, 0.5) is 19.0 Å². The van der Waals surface area contributed by atoms with Crippen LogP contribution in [0.3, 0.4) is 0 Å². The minimum absolute atomic E-state index is 0.0512. The van der Waals surface area contributed by atoms with Crippen LogP contribution in [-0.4, -0.2) is 87.6 Å². The number of H-pyrrole nitrogens is 1. The predicted molar refractivity (Wildman–Crippen MR) is 175 cm³/mol. The molecule has 3 unspecified atom stereocenters. The lowest BCUT2D eigenvalue weighted by Crippen LogP contribution is -2.51. The van der Waals surface area contributed by atoms with Gasteiger partial charge in [-0.05, 0) is 63.3 Å². The van der Waals surface area contributed by atoms with Crippen molar-refractivity contribution >= 4 is 48.4 Å². The number of methoxy groups -OCH3 is 1. The van der Waals surface area contributed by atoms with Crippen LogP contribution in [0.5, 0.6) is 6.01 Å². The van der Waals surface area contributed by atoms with Crippen LogP contribution in [0.15, 0.2) is 18.3 Å². The molecule has 4 atom stereocenters. The number of aromatic nitrogens is 5. The van der Waals surface area contributed by atoms with Gasteiger partial charge in [0, 0.05) is 65.9 Å². The molecule has 0 aliphatic carbocycles. The number of piperazine rings is 1. The highest BCUT2D eigenvalue weighted by atomic mass is 32.1. The number of benzene rings is 1. The highest BCUT2D eigenvalue weighted by Crippen LogP contribution is 2.47. The number of anilines is 1. The second kappa shape index (κ2) is 11.9. The zero-order valence-corrected chi connectivity index (χ0v) is 26.9. The quantitative estimate of drug-likeness (QED) is 0.238. The van der Waals surface area contributed by atoms with E-state index in [0.717, 1.165) is 55.5 Å². The van der Waals surface area contributed by atoms with Gasteiger partial charge in [0.1, 0.15) is 22.9 Å². The molecule has 0 radical (unpaired) electrons. The van der Waals surface area contributed by atoms with Crippen molar-refractivity contribution in [3.05, 3.63) is 35.2 Å². The lowest BCUT2D eigenvalue weighted by atomic mass is 9.93. The van der Waals surface area contributed by atoms with E-state index in [-0.39, 0.29) is 22.8 Å². The third kappa shape index (κ3) is 5.15. The van der Waals surface area contributed by atoms with E-state index in [1.165, 1.54) is 31.3 Å². The van der Waals surface area contributed by atoms with Crippen LogP contribution in [0.1, 0.15) is 55.4 Å². The van der Waals surface area contributed by atoms with Gasteiger partial charge in [0.25, 0.3) is 6.43 Å². The first-order valence-corrected chi connectivity index (χ1v) is 16.9. The largest absolute Gasteiger partial charge is 0.467 e. The number of pyridine rings is 1. The van der Waals surface area contributed by atoms with Gasteiger partial charge in [0.05, 0.1) is 28.4 Å². The first-order chi connectivity index (χ1) is 22.8. The van der Waals surface area contributed by atoms with Gasteiger partial charge >= 0.3 is 6.01 Å². The first kappa shape index (κ1) is 30.3. The summed E-state index contributed by atoms with van der Waals surface area (Å²) in [5.74, 6) is 0.776. The van der Waals surface area contributed by atoms with Gasteiger partial charge in [-0.1, -0.05) is 0 Å². The Kier molecular flexibility index (Phi) is 7.65. The summed E-state index contributed by atoms with van der Waals surface area (Å²) in [4.78, 5) is 19.3. The molecule has 2 N–H and O–H groups in total. The van der Waals surface area contributed by atoms with Crippen molar-refractivity contribution in [2.24, 2.45) is 0 Å². The lowest BCUT2D eigenvalue weighted by molar-refractivity contribution is 0.151. The fraction of sp³-hybridized carbons (Fsp3) is 0.485. The van der Waals surface area contributed by atoms with Crippen LogP contribution in [0.2, 0.25) is 0 Å². The zero-order valence-electron chi connectivity index (χ0n) is 26.1. The number of rotatable bonds is 4. The minimum atomic E-state index is -2.77. The Bertz CT molecular complexity index is 2020. The van der Waals surface area contributed by atoms with Gasteiger partial charge in [0.15, 0.2) is 5.69 Å². The number of nitriles is 1. The molecule has 0 saturated carbocycles. The molecule has 47 heavy (non-hydrogen) atoms. The van der Waals surface area contributed by atoms with Crippen LogP contribution in [-0.2, 0) is 0 Å². The Morgan fingerprint density at radius 1 is 1.13 bits per heavy atom. The molecule has 9 rings (SSSR count). The summed E-state index contributed by atoms with van der Waals surface area (Å²) in [6, 6.07) is 7.18. The SMILES string of the molecule is COc1nc(N2CC3CCC(C2)N3)c2c(n1)sc1c(-c3c(C(F)F)c(C)cc4[nH]nc(C#N)c34)nccc12.F[C@@H]1CC2CCCN2C1. The van der Waals surface area contributed by atoms with Crippen LogP contribution >= 0.6 is 11.3 Å². The van der Waals surface area contributed by atoms with Gasteiger partial charge in [-0.3, -0.25) is 15.0 Å². The number of hydrogen-bond donors (Lipinski definition) is 2. The Labute approximate surface area is 272 Å². The van der Waals surface area contributed by atoms with Crippen molar-refractivity contribution < 1.29 is 17.9 Å². The Morgan fingerprint density at radius 3 is 2.66 bits per heavy atom. The lowest BCUT2D eigenvalue weighted by Gasteiger charge is -2.34. The number of nitrogens with zero attached hydrogens (tertiary/aromatic N) is 7. The second-order valence-corrected chi connectivity index (χ2v) is 13.9. The molecule has 14 heteroatoms. The number of halogens is 3. The van der Waals surface area contributed by atoms with Crippen molar-refractivity contribution in [1.82, 2.24) is 35.4 Å². The van der Waals surface area contributed by atoms with Crippen molar-refractivity contribution in [3.63, 3.8) is 0 Å². The maximum Gasteiger partial charge on any atom is 0.319 e. The van der Waals surface area contributed by atoms with Gasteiger partial charge in [-0.2, -0.15) is 20.3 Å². The number of alkyl halides is 3. The molecule has 4 fully saturated rings. The molecular weight excluding hydrogens is 627 g/mol. The molecule has 10 nitrogen and oxygen atoms in total. The third-order valence-corrected chi connectivity index (χ3v) is 11.1. The standard InChI is InChI=1S/C26H22F2N8OS.C7H12FN/c1-11-7-15-19(16(8-29)35-34-15)20(17(11)23(27)28)21-22-14(5-6-30-21)18-24(32-26(37-2)33-25(18)38-22)36-9-12-3-4-13(10-36)31-12;8-6-4-7-2-1-3-9(7)5-6/h5-7,12-13,23,31H,3-4,9-10H2,1-2H3,(H,34,35);6-7H,1-5H2/t;6-,7?/m.1/s1. The van der Waals surface area contributed by atoms with Crippen molar-refractivity contribution in [2.45, 2.75) is 69.8 Å². The molecule has 4 saturated heterocycles. The number of fused-ring (bicyclic) bond motifs is 7. The molecule has 8 heterocycles. The summed E-state index contributed by atoms with van der Waals surface area (Å²) in [5, 5.41) is 22.3. The first-order valence-electron chi connectivity index (χ1n) is 16.1. The monoisotopic (exact) mass is 661 g/mol. The number of ether oxygens (including phenoxy) is 1. The highest BCUT2D eigenvalue weighted by molar-refractivity contribution is 7.26. The maximum atomic E-state index is 14.5. The van der Waals surface area contributed by atoms with Gasteiger partial charge in [-0.25, -0.2) is 13.2 Å². The van der Waals surface area contributed by atoms with Gasteiger partial charge < -0.3 is 15.0 Å². The summed E-state index contributed by atoms with van der Waals surface area (Å²) in [6.45, 7) is 5.12. The number of hydrogen-bond acceptors (Lipinski definition) is 10. The van der Waals surface area contributed by atoms with E-state index in [0.29, 0.717) is 56.4 Å². The molecule has 2 bridgehead atoms. The summed E-state index contributed by atoms with van der Waals surface area (Å²) < 4.78 is 47.8. The second-order valence-electron chi connectivity index (χ2n) is 12.9. The van der Waals surface area contributed by atoms with Gasteiger partial charge in [-0.15, -0.1) is 11.3 Å². The average molecular weight is 662 g/mol. The topological polar surface area (TPSA) is 119 Å². The average Bonchev–Trinajstić information content (AvgIpc) is 3.88. The fourth-order valence-electron chi connectivity index (χ4n) is 8.01. The molecule has 1 aromatic carbocycles. The van der Waals surface area contributed by atoms with Crippen LogP contribution < -0.4 is 15.0 Å². The molecule has 0 amide bonds. The Morgan fingerprint density at radius 2 is 1.94 bits per heavy atom. The smallest absolute Gasteiger partial charge is 0.319 e. The maximum absolute atomic E-state index is 14.5. The third-order valence-electron chi connectivity index (χ3n) is 10.0. The molecule has 4 aliphatic rings. The van der Waals surface area contributed by atoms with E-state index in [2.05, 4.69) is 35.3 Å². The molecule has 4 aliphatic heterocycles. The highest BCUT2D eigenvalue weighted by Gasteiger charge is 2.36. The molecule has 0 spiro atoms. The van der Waals surface area contributed by atoms with E-state index >= 15 is 0 Å². The van der Waals surface area contributed by atoms with Gasteiger partial charge in [0.2, 0.25) is 0 Å². The molecular formula is C33H34F3N9OS. The summed E-state index contributed by atoms with van der Waals surface area (Å²) in [5.41, 5.74) is 1.40. The van der Waals surface area contributed by atoms with Crippen LogP contribution in [0.25, 0.3) is 42.5 Å². The van der Waals surface area contributed by atoms with E-state index in [4.69, 9.17) is 9.72 Å². The Balaban J connectivity index is 0.000000309. The number of thiophene rings is 1. The van der Waals surface area contributed by atoms with E-state index in [1.54, 1.807) is 19.2 Å². The van der Waals surface area contributed by atoms with E-state index < -0.39 is 12.6 Å². The van der Waals surface area contributed by atoms with Crippen molar-refractivity contribution in [1.29, 1.82) is 5.26 Å². The summed E-state index contributed by atoms with van der Waals surface area (Å²) >= 11 is 1.36. The van der Waals surface area contributed by atoms with Crippen molar-refractivity contribution in [3.8, 4) is 23.3 Å². The summed E-state index contributed by atoms with van der Waals surface area (Å²) in [7, 11) is 1.54. The predicted octanol–water partition coefficient (Wildman–Crippen LogP) is 6.04. The summed E-state index contributed by atoms with van der Waals surface area (Å²) in [6.07, 6.45) is 3.91. The molecule has 244 valence electrons. The Hall–Kier alpha value is -4.06. The number of aromatic amines is 1. The van der Waals surface area contributed by atoms with Crippen molar-refractivity contribution in [2.75, 3.05) is 38.2 Å². The number of aryl methyl sites for hydroxylation is 1. The zero-order chi connectivity index (χ0) is 32.4. The normalized spacial score (nSPS) is 23.9. The van der Waals surface area contributed by atoms with Crippen LogP contribution in [0, 0.1) is 18.3 Å².